The molecule has 1 aliphatic carbocycles. The monoisotopic (exact) mass is 459 g/mol. The van der Waals surface area contributed by atoms with E-state index in [-0.39, 0.29) is 23.9 Å². The molecule has 3 atom stereocenters. The Morgan fingerprint density at radius 3 is 2.66 bits per heavy atom. The molecule has 0 aromatic heterocycles. The average Bonchev–Trinajstić information content (AvgIpc) is 3.19. The Hall–Kier alpha value is -1.59. The standard InChI is InChI=1S/C26H38ClN3O2/c1-19-11-15-29(16-12-19)14-5-4-13-28-25(31)24-18-20-7-2-3-10-23(20)30(24)26(32)21-8-6-9-22(27)17-21/h6,8-9,17,19-20,23-24H,2-5,7,10-16,18H2,1H3,(H,28,31)/t20-,23+,24-/m0/s1. The number of nitrogens with one attached hydrogen (secondary N) is 1. The predicted octanol–water partition coefficient (Wildman–Crippen LogP) is 4.74. The zero-order chi connectivity index (χ0) is 22.5. The maximum atomic E-state index is 13.4. The summed E-state index contributed by atoms with van der Waals surface area (Å²) in [5.41, 5.74) is 0.581. The van der Waals surface area contributed by atoms with Crippen LogP contribution in [0.5, 0.6) is 0 Å². The lowest BCUT2D eigenvalue weighted by atomic mass is 9.84. The zero-order valence-electron chi connectivity index (χ0n) is 19.4. The van der Waals surface area contributed by atoms with Crippen LogP contribution in [0.2, 0.25) is 5.02 Å². The molecule has 32 heavy (non-hydrogen) atoms. The van der Waals surface area contributed by atoms with E-state index in [4.69, 9.17) is 11.6 Å². The van der Waals surface area contributed by atoms with Gasteiger partial charge in [0.15, 0.2) is 0 Å². The molecule has 2 saturated heterocycles. The van der Waals surface area contributed by atoms with Gasteiger partial charge in [0.2, 0.25) is 5.91 Å². The molecule has 0 bridgehead atoms. The molecule has 6 heteroatoms. The molecule has 1 aromatic rings. The van der Waals surface area contributed by atoms with E-state index in [1.807, 2.05) is 11.0 Å². The molecule has 1 saturated carbocycles. The number of fused-ring (bicyclic) bond motifs is 1. The minimum atomic E-state index is -0.363. The maximum Gasteiger partial charge on any atom is 0.254 e. The van der Waals surface area contributed by atoms with Gasteiger partial charge in [-0.15, -0.1) is 0 Å². The summed E-state index contributed by atoms with van der Waals surface area (Å²) in [6, 6.07) is 6.92. The number of likely N-dealkylation sites (tertiary alicyclic amines) is 2. The first-order chi connectivity index (χ1) is 15.5. The van der Waals surface area contributed by atoms with Crippen molar-refractivity contribution in [3.8, 4) is 0 Å². The summed E-state index contributed by atoms with van der Waals surface area (Å²) in [5, 5.41) is 3.70. The Balaban J connectivity index is 1.31. The molecule has 0 unspecified atom stereocenters. The Bertz CT molecular complexity index is 793. The molecule has 0 radical (unpaired) electrons. The van der Waals surface area contributed by atoms with Crippen LogP contribution < -0.4 is 5.32 Å². The largest absolute Gasteiger partial charge is 0.354 e. The molecule has 3 fully saturated rings. The van der Waals surface area contributed by atoms with Gasteiger partial charge in [-0.1, -0.05) is 37.4 Å². The van der Waals surface area contributed by atoms with E-state index in [0.29, 0.717) is 23.0 Å². The molecule has 1 N–H and O–H groups in total. The molecule has 176 valence electrons. The quantitative estimate of drug-likeness (QED) is 0.599. The van der Waals surface area contributed by atoms with Crippen LogP contribution in [0.4, 0.5) is 0 Å². The highest BCUT2D eigenvalue weighted by atomic mass is 35.5. The van der Waals surface area contributed by atoms with E-state index in [1.165, 1.54) is 32.4 Å². The van der Waals surface area contributed by atoms with Gasteiger partial charge in [0.05, 0.1) is 0 Å². The van der Waals surface area contributed by atoms with E-state index in [0.717, 1.165) is 51.0 Å². The first-order valence-electron chi connectivity index (χ1n) is 12.6. The van der Waals surface area contributed by atoms with E-state index in [9.17, 15) is 9.59 Å². The van der Waals surface area contributed by atoms with Crippen molar-refractivity contribution in [1.29, 1.82) is 0 Å². The molecular weight excluding hydrogens is 422 g/mol. The van der Waals surface area contributed by atoms with Crippen LogP contribution in [0.1, 0.15) is 75.1 Å². The number of hydrogen-bond acceptors (Lipinski definition) is 3. The topological polar surface area (TPSA) is 52.7 Å². The van der Waals surface area contributed by atoms with Crippen LogP contribution >= 0.6 is 11.6 Å². The summed E-state index contributed by atoms with van der Waals surface area (Å²) in [5.74, 6) is 1.25. The average molecular weight is 460 g/mol. The summed E-state index contributed by atoms with van der Waals surface area (Å²) >= 11 is 6.14. The van der Waals surface area contributed by atoms with E-state index >= 15 is 0 Å². The Labute approximate surface area is 197 Å². The van der Waals surface area contributed by atoms with Crippen molar-refractivity contribution in [2.75, 3.05) is 26.2 Å². The number of carbonyl (C=O) groups excluding carboxylic acids is 2. The summed E-state index contributed by atoms with van der Waals surface area (Å²) in [4.78, 5) is 31.0. The first kappa shape index (κ1) is 23.6. The van der Waals surface area contributed by atoms with Gasteiger partial charge in [-0.25, -0.2) is 0 Å². The predicted molar refractivity (Wildman–Crippen MR) is 129 cm³/mol. The van der Waals surface area contributed by atoms with Crippen molar-refractivity contribution in [3.63, 3.8) is 0 Å². The van der Waals surface area contributed by atoms with Gasteiger partial charge in [-0.05, 0) is 94.6 Å². The lowest BCUT2D eigenvalue weighted by molar-refractivity contribution is -0.125. The Kier molecular flexibility index (Phi) is 8.12. The molecule has 5 nitrogen and oxygen atoms in total. The summed E-state index contributed by atoms with van der Waals surface area (Å²) in [6.45, 7) is 6.56. The molecule has 3 aliphatic rings. The number of rotatable bonds is 7. The summed E-state index contributed by atoms with van der Waals surface area (Å²) < 4.78 is 0. The fourth-order valence-corrected chi connectivity index (χ4v) is 6.02. The van der Waals surface area contributed by atoms with Gasteiger partial charge in [0.25, 0.3) is 5.91 Å². The van der Waals surface area contributed by atoms with Crippen molar-refractivity contribution in [3.05, 3.63) is 34.9 Å². The third kappa shape index (κ3) is 5.66. The maximum absolute atomic E-state index is 13.4. The number of halogens is 1. The van der Waals surface area contributed by atoms with Crippen molar-refractivity contribution in [1.82, 2.24) is 15.1 Å². The fourth-order valence-electron chi connectivity index (χ4n) is 5.83. The summed E-state index contributed by atoms with van der Waals surface area (Å²) in [6.07, 6.45) is 9.92. The molecule has 2 heterocycles. The Morgan fingerprint density at radius 1 is 1.09 bits per heavy atom. The molecule has 2 aliphatic heterocycles. The van der Waals surface area contributed by atoms with E-state index < -0.39 is 0 Å². The van der Waals surface area contributed by atoms with Gasteiger partial charge < -0.3 is 15.1 Å². The van der Waals surface area contributed by atoms with Gasteiger partial charge in [0, 0.05) is 23.2 Å². The smallest absolute Gasteiger partial charge is 0.254 e. The zero-order valence-corrected chi connectivity index (χ0v) is 20.2. The van der Waals surface area contributed by atoms with Crippen LogP contribution in [-0.4, -0.2) is 59.9 Å². The highest BCUT2D eigenvalue weighted by molar-refractivity contribution is 6.31. The molecule has 2 amide bonds. The normalized spacial score (nSPS) is 26.7. The molecular formula is C26H38ClN3O2. The van der Waals surface area contributed by atoms with Gasteiger partial charge >= 0.3 is 0 Å². The second-order valence-electron chi connectivity index (χ2n) is 10.1. The number of unbranched alkanes of at least 4 members (excludes halogenated alkanes) is 1. The minimum absolute atomic E-state index is 0.0153. The van der Waals surface area contributed by atoms with Crippen molar-refractivity contribution in [2.45, 2.75) is 76.8 Å². The van der Waals surface area contributed by atoms with Crippen LogP contribution in [0.25, 0.3) is 0 Å². The third-order valence-corrected chi connectivity index (χ3v) is 8.01. The minimum Gasteiger partial charge on any atom is -0.354 e. The molecule has 4 rings (SSSR count). The van der Waals surface area contributed by atoms with Gasteiger partial charge in [0.1, 0.15) is 6.04 Å². The lowest BCUT2D eigenvalue weighted by Crippen LogP contribution is -2.49. The lowest BCUT2D eigenvalue weighted by Gasteiger charge is -2.33. The summed E-state index contributed by atoms with van der Waals surface area (Å²) in [7, 11) is 0. The van der Waals surface area contributed by atoms with Crippen molar-refractivity contribution >= 4 is 23.4 Å². The number of benzene rings is 1. The van der Waals surface area contributed by atoms with Crippen LogP contribution in [-0.2, 0) is 4.79 Å². The van der Waals surface area contributed by atoms with Crippen LogP contribution in [0, 0.1) is 11.8 Å². The van der Waals surface area contributed by atoms with Crippen molar-refractivity contribution < 1.29 is 9.59 Å². The second kappa shape index (κ2) is 11.0. The number of carbonyl (C=O) groups is 2. The van der Waals surface area contributed by atoms with Crippen LogP contribution in [0.15, 0.2) is 24.3 Å². The number of piperidine rings is 1. The Morgan fingerprint density at radius 2 is 1.88 bits per heavy atom. The third-order valence-electron chi connectivity index (χ3n) is 7.77. The number of hydrogen-bond donors (Lipinski definition) is 1. The van der Waals surface area contributed by atoms with Gasteiger partial charge in [-0.3, -0.25) is 9.59 Å². The second-order valence-corrected chi connectivity index (χ2v) is 10.5. The first-order valence-corrected chi connectivity index (χ1v) is 13.0. The van der Waals surface area contributed by atoms with Crippen LogP contribution in [0.3, 0.4) is 0 Å². The highest BCUT2D eigenvalue weighted by Crippen LogP contribution is 2.40. The molecule has 1 aromatic carbocycles. The molecule has 0 spiro atoms. The number of amides is 2. The fraction of sp³-hybridized carbons (Fsp3) is 0.692. The number of nitrogens with zero attached hydrogens (tertiary/aromatic N) is 2. The van der Waals surface area contributed by atoms with Gasteiger partial charge in [-0.2, -0.15) is 0 Å². The van der Waals surface area contributed by atoms with E-state index in [2.05, 4.69) is 17.1 Å². The van der Waals surface area contributed by atoms with E-state index in [1.54, 1.807) is 18.2 Å². The SMILES string of the molecule is CC1CCN(CCCCNC(=O)[C@@H]2C[C@@H]3CCCC[C@H]3N2C(=O)c2cccc(Cl)c2)CC1. The highest BCUT2D eigenvalue weighted by Gasteiger charge is 2.47. The van der Waals surface area contributed by atoms with Crippen molar-refractivity contribution in [2.24, 2.45) is 11.8 Å².